The highest BCUT2D eigenvalue weighted by molar-refractivity contribution is 5.97. The van der Waals surface area contributed by atoms with Crippen LogP contribution in [0, 0.1) is 5.92 Å². The summed E-state index contributed by atoms with van der Waals surface area (Å²) in [5.74, 6) is -0.171. The zero-order chi connectivity index (χ0) is 17.4. The molecule has 2 aromatic heterocycles. The van der Waals surface area contributed by atoms with Gasteiger partial charge in [-0.1, -0.05) is 12.8 Å². The number of rotatable bonds is 3. The van der Waals surface area contributed by atoms with Crippen LogP contribution in [0.3, 0.4) is 0 Å². The zero-order valence-electron chi connectivity index (χ0n) is 13.8. The molecule has 130 valence electrons. The molecule has 2 aliphatic rings. The van der Waals surface area contributed by atoms with Gasteiger partial charge >= 0.3 is 5.97 Å². The quantitative estimate of drug-likeness (QED) is 0.924. The third kappa shape index (κ3) is 2.79. The molecule has 3 heterocycles. The number of carboxylic acids is 1. The molecule has 1 N–H and O–H groups in total. The standard InChI is InChI=1S/C18H20N4O3/c23-17(13-5-6-16(20-10-13)21-8-7-19-11-21)22-14-4-2-1-3-12(14)9-15(22)18(24)25/h5-8,10-12,14-15H,1-4,9H2,(H,24,25)/t12-,14+,15+/m1/s1. The average molecular weight is 340 g/mol. The Balaban J connectivity index is 1.61. The van der Waals surface area contributed by atoms with Crippen molar-refractivity contribution in [3.63, 3.8) is 0 Å². The number of carbonyl (C=O) groups excluding carboxylic acids is 1. The van der Waals surface area contributed by atoms with Gasteiger partial charge in [-0.2, -0.15) is 0 Å². The highest BCUT2D eigenvalue weighted by Gasteiger charge is 2.47. The van der Waals surface area contributed by atoms with Gasteiger partial charge in [0.25, 0.3) is 5.91 Å². The van der Waals surface area contributed by atoms with E-state index in [2.05, 4.69) is 9.97 Å². The minimum atomic E-state index is -0.911. The Hall–Kier alpha value is -2.70. The van der Waals surface area contributed by atoms with Crippen LogP contribution >= 0.6 is 0 Å². The molecule has 25 heavy (non-hydrogen) atoms. The van der Waals surface area contributed by atoms with Crippen LogP contribution in [-0.2, 0) is 4.79 Å². The maximum Gasteiger partial charge on any atom is 0.326 e. The van der Waals surface area contributed by atoms with Gasteiger partial charge in [0.05, 0.1) is 5.56 Å². The van der Waals surface area contributed by atoms with Gasteiger partial charge in [-0.15, -0.1) is 0 Å². The third-order valence-corrected chi connectivity index (χ3v) is 5.37. The minimum absolute atomic E-state index is 0.0377. The maximum atomic E-state index is 13.0. The lowest BCUT2D eigenvalue weighted by molar-refractivity contribution is -0.141. The molecular formula is C18H20N4O3. The van der Waals surface area contributed by atoms with Crippen molar-refractivity contribution in [1.82, 2.24) is 19.4 Å². The van der Waals surface area contributed by atoms with Gasteiger partial charge in [0.2, 0.25) is 0 Å². The second-order valence-electron chi connectivity index (χ2n) is 6.79. The molecule has 0 radical (unpaired) electrons. The Morgan fingerprint density at radius 1 is 1.20 bits per heavy atom. The molecule has 3 atom stereocenters. The van der Waals surface area contributed by atoms with E-state index in [-0.39, 0.29) is 11.9 Å². The summed E-state index contributed by atoms with van der Waals surface area (Å²) in [6, 6.07) is 2.77. The Morgan fingerprint density at radius 3 is 2.72 bits per heavy atom. The van der Waals surface area contributed by atoms with Crippen molar-refractivity contribution in [3.8, 4) is 5.82 Å². The summed E-state index contributed by atoms with van der Waals surface area (Å²) in [6.45, 7) is 0. The SMILES string of the molecule is O=C(O)[C@@H]1C[C@H]2CCCC[C@@H]2N1C(=O)c1ccc(-n2ccnc2)nc1. The van der Waals surface area contributed by atoms with Crippen molar-refractivity contribution in [2.24, 2.45) is 5.92 Å². The van der Waals surface area contributed by atoms with E-state index in [0.717, 1.165) is 25.7 Å². The molecule has 2 aromatic rings. The Bertz CT molecular complexity index is 772. The number of aliphatic carboxylic acids is 1. The number of amides is 1. The van der Waals surface area contributed by atoms with Crippen LogP contribution in [0.1, 0.15) is 42.5 Å². The van der Waals surface area contributed by atoms with Crippen molar-refractivity contribution in [2.45, 2.75) is 44.2 Å². The number of hydrogen-bond donors (Lipinski definition) is 1. The van der Waals surface area contributed by atoms with Crippen LogP contribution in [0.4, 0.5) is 0 Å². The van der Waals surface area contributed by atoms with E-state index < -0.39 is 12.0 Å². The second-order valence-corrected chi connectivity index (χ2v) is 6.79. The average Bonchev–Trinajstić information content (AvgIpc) is 3.29. The van der Waals surface area contributed by atoms with Crippen LogP contribution in [0.25, 0.3) is 5.82 Å². The highest BCUT2D eigenvalue weighted by atomic mass is 16.4. The molecule has 7 nitrogen and oxygen atoms in total. The third-order valence-electron chi connectivity index (χ3n) is 5.37. The first-order valence-electron chi connectivity index (χ1n) is 8.65. The van der Waals surface area contributed by atoms with Crippen molar-refractivity contribution < 1.29 is 14.7 Å². The number of fused-ring (bicyclic) bond motifs is 1. The topological polar surface area (TPSA) is 88.3 Å². The van der Waals surface area contributed by atoms with E-state index in [4.69, 9.17) is 0 Å². The van der Waals surface area contributed by atoms with Crippen molar-refractivity contribution >= 4 is 11.9 Å². The number of nitrogens with zero attached hydrogens (tertiary/aromatic N) is 4. The summed E-state index contributed by atoms with van der Waals surface area (Å²) in [6.07, 6.45) is 11.2. The van der Waals surface area contributed by atoms with Crippen molar-refractivity contribution in [2.75, 3.05) is 0 Å². The monoisotopic (exact) mass is 340 g/mol. The molecule has 7 heteroatoms. The summed E-state index contributed by atoms with van der Waals surface area (Å²) in [7, 11) is 0. The van der Waals surface area contributed by atoms with Gasteiger partial charge in [0, 0.05) is 24.6 Å². The molecule has 0 spiro atoms. The number of pyridine rings is 1. The van der Waals surface area contributed by atoms with Gasteiger partial charge < -0.3 is 10.0 Å². The predicted octanol–water partition coefficient (Wildman–Crippen LogP) is 2.13. The van der Waals surface area contributed by atoms with E-state index in [1.807, 2.05) is 0 Å². The molecule has 0 unspecified atom stereocenters. The zero-order valence-corrected chi connectivity index (χ0v) is 13.8. The van der Waals surface area contributed by atoms with Crippen LogP contribution in [-0.4, -0.2) is 48.5 Å². The normalized spacial score (nSPS) is 25.6. The molecular weight excluding hydrogens is 320 g/mol. The van der Waals surface area contributed by atoms with E-state index in [0.29, 0.717) is 23.7 Å². The molecule has 1 saturated carbocycles. The van der Waals surface area contributed by atoms with Gasteiger partial charge in [-0.3, -0.25) is 9.36 Å². The number of carbonyl (C=O) groups is 2. The molecule has 0 bridgehead atoms. The van der Waals surface area contributed by atoms with E-state index in [9.17, 15) is 14.7 Å². The van der Waals surface area contributed by atoms with E-state index in [1.165, 1.54) is 6.20 Å². The van der Waals surface area contributed by atoms with E-state index >= 15 is 0 Å². The molecule has 1 saturated heterocycles. The van der Waals surface area contributed by atoms with Crippen LogP contribution in [0.15, 0.2) is 37.1 Å². The molecule has 1 amide bonds. The van der Waals surface area contributed by atoms with Crippen molar-refractivity contribution in [1.29, 1.82) is 0 Å². The van der Waals surface area contributed by atoms with Gasteiger partial charge in [0.15, 0.2) is 0 Å². The van der Waals surface area contributed by atoms with Crippen molar-refractivity contribution in [3.05, 3.63) is 42.6 Å². The highest BCUT2D eigenvalue weighted by Crippen LogP contribution is 2.40. The predicted molar refractivity (Wildman–Crippen MR) is 89.3 cm³/mol. The lowest BCUT2D eigenvalue weighted by Gasteiger charge is -2.33. The summed E-state index contributed by atoms with van der Waals surface area (Å²) >= 11 is 0. The number of carboxylic acid groups (broad SMARTS) is 1. The lowest BCUT2D eigenvalue weighted by Crippen LogP contribution is -2.46. The van der Waals surface area contributed by atoms with Gasteiger partial charge in [0.1, 0.15) is 18.2 Å². The van der Waals surface area contributed by atoms with Gasteiger partial charge in [-0.05, 0) is 37.3 Å². The number of hydrogen-bond acceptors (Lipinski definition) is 4. The number of aromatic nitrogens is 3. The second kappa shape index (κ2) is 6.31. The Labute approximate surface area is 145 Å². The molecule has 2 fully saturated rings. The fourth-order valence-corrected chi connectivity index (χ4v) is 4.18. The van der Waals surface area contributed by atoms with Gasteiger partial charge in [-0.25, -0.2) is 14.8 Å². The Kier molecular flexibility index (Phi) is 3.99. The first kappa shape index (κ1) is 15.8. The van der Waals surface area contributed by atoms with Crippen LogP contribution in [0.5, 0.6) is 0 Å². The molecule has 1 aliphatic heterocycles. The van der Waals surface area contributed by atoms with E-state index in [1.54, 1.807) is 40.3 Å². The van der Waals surface area contributed by atoms with Crippen LogP contribution in [0.2, 0.25) is 0 Å². The first-order valence-corrected chi connectivity index (χ1v) is 8.65. The number of imidazole rings is 1. The fraction of sp³-hybridized carbons (Fsp3) is 0.444. The summed E-state index contributed by atoms with van der Waals surface area (Å²) in [5.41, 5.74) is 0.432. The fourth-order valence-electron chi connectivity index (χ4n) is 4.18. The maximum absolute atomic E-state index is 13.0. The number of likely N-dealkylation sites (tertiary alicyclic amines) is 1. The minimum Gasteiger partial charge on any atom is -0.480 e. The molecule has 0 aromatic carbocycles. The van der Waals surface area contributed by atoms with Crippen LogP contribution < -0.4 is 0 Å². The summed E-state index contributed by atoms with van der Waals surface area (Å²) in [5, 5.41) is 9.58. The lowest BCUT2D eigenvalue weighted by atomic mass is 9.84. The Morgan fingerprint density at radius 2 is 2.04 bits per heavy atom. The summed E-state index contributed by atoms with van der Waals surface area (Å²) < 4.78 is 1.75. The molecule has 1 aliphatic carbocycles. The molecule has 4 rings (SSSR count). The largest absolute Gasteiger partial charge is 0.480 e. The first-order chi connectivity index (χ1) is 12.1. The smallest absolute Gasteiger partial charge is 0.326 e. The summed E-state index contributed by atoms with van der Waals surface area (Å²) in [4.78, 5) is 34.6.